The fourth-order valence-electron chi connectivity index (χ4n) is 15.4. The van der Waals surface area contributed by atoms with Gasteiger partial charge in [-0.1, -0.05) is 186 Å². The number of benzene rings is 5. The maximum atomic E-state index is 15.6. The van der Waals surface area contributed by atoms with Crippen LogP contribution in [0.4, 0.5) is 0 Å². The van der Waals surface area contributed by atoms with Crippen molar-refractivity contribution in [3.63, 3.8) is 0 Å². The molecule has 15 nitrogen and oxygen atoms in total. The molecular formula is C77H98N8O7Si. The van der Waals surface area contributed by atoms with Crippen LogP contribution in [0.2, 0.25) is 16.6 Å². The quantitative estimate of drug-likeness (QED) is 0.0345. The molecule has 1 unspecified atom stereocenters. The number of pyridine rings is 1. The molecule has 492 valence electrons. The van der Waals surface area contributed by atoms with E-state index in [4.69, 9.17) is 14.1 Å². The van der Waals surface area contributed by atoms with Gasteiger partial charge in [0.05, 0.1) is 30.1 Å². The lowest BCUT2D eigenvalue weighted by Crippen LogP contribution is -2.62. The fraction of sp³-hybridized carbons (Fsp3) is 0.455. The van der Waals surface area contributed by atoms with Crippen molar-refractivity contribution in [3.8, 4) is 28.1 Å². The van der Waals surface area contributed by atoms with E-state index in [-0.39, 0.29) is 54.6 Å². The minimum absolute atomic E-state index is 0.0483. The first-order chi connectivity index (χ1) is 44.3. The summed E-state index contributed by atoms with van der Waals surface area (Å²) < 4.78 is 16.2. The molecule has 93 heavy (non-hydrogen) atoms. The minimum atomic E-state index is -2.58. The number of carbonyl (C=O) groups is 5. The number of hydrazine groups is 1. The third kappa shape index (κ3) is 13.6. The predicted molar refractivity (Wildman–Crippen MR) is 373 cm³/mol. The fourth-order valence-corrected chi connectivity index (χ4v) is 20.7. The summed E-state index contributed by atoms with van der Waals surface area (Å²) >= 11 is 0. The van der Waals surface area contributed by atoms with E-state index in [9.17, 15) is 14.4 Å². The molecule has 5 heterocycles. The van der Waals surface area contributed by atoms with Gasteiger partial charge in [0.1, 0.15) is 29.9 Å². The molecular weight excluding hydrogens is 1180 g/mol. The van der Waals surface area contributed by atoms with Crippen molar-refractivity contribution >= 4 is 48.8 Å². The number of likely N-dealkylation sites (N-methyl/N-ethyl adjacent to an activating group) is 2. The van der Waals surface area contributed by atoms with E-state index < -0.39 is 73.0 Å². The molecule has 0 aliphatic carbocycles. The monoisotopic (exact) mass is 1270 g/mol. The molecule has 7 aromatic rings. The van der Waals surface area contributed by atoms with Crippen LogP contribution in [0.3, 0.4) is 0 Å². The lowest BCUT2D eigenvalue weighted by atomic mass is 9.76. The zero-order chi connectivity index (χ0) is 66.8. The van der Waals surface area contributed by atoms with Crippen molar-refractivity contribution in [2.45, 2.75) is 174 Å². The molecule has 2 aromatic heterocycles. The standard InChI is InChI=1S/C77H98N8O7Si/c1-16-83-66-37-36-55-44-62(66)63(71(83)61-34-26-38-78-69(61)49(2)3)45-76(12,13)48-91-75(90)64-35-27-39-85(80-64)73(88)65(42-54-40-56(55)43-60(41-54)92-93(51(6)7,52(8)9)53(10)11)79-72(87)70(50(4)5)82(15)68(86)47-81(14)74(89)67-46-84(67)77(57-28-20-17-21-29-57,58-30-22-18-23-31-58)59-32-24-19-25-33-59/h17-26,28-34,36-38,40-41,43-44,49-53,64-65,67,70,80H,16,27,35,39,42,45-48H2,1-15H3,(H,79,87)/t64-,65-,67?,70-,84+/m0/s1. The van der Waals surface area contributed by atoms with Crippen molar-refractivity contribution in [2.24, 2.45) is 11.3 Å². The van der Waals surface area contributed by atoms with Gasteiger partial charge < -0.3 is 28.8 Å². The summed E-state index contributed by atoms with van der Waals surface area (Å²) in [5.41, 5.74) is 13.7. The second-order valence-electron chi connectivity index (χ2n) is 28.6. The number of rotatable bonds is 19. The average molecular weight is 1280 g/mol. The summed E-state index contributed by atoms with van der Waals surface area (Å²) in [6, 6.07) is 44.2. The highest BCUT2D eigenvalue weighted by Gasteiger charge is 2.57. The second kappa shape index (κ2) is 28.0. The van der Waals surface area contributed by atoms with Gasteiger partial charge in [-0.25, -0.2) is 5.43 Å². The van der Waals surface area contributed by atoms with Gasteiger partial charge in [0.25, 0.3) is 14.2 Å². The third-order valence-electron chi connectivity index (χ3n) is 19.8. The molecule has 16 heteroatoms. The summed E-state index contributed by atoms with van der Waals surface area (Å²) in [4.78, 5) is 84.9. The maximum Gasteiger partial charge on any atom is 0.324 e. The lowest BCUT2D eigenvalue weighted by molar-refractivity contribution is -0.155. The number of nitrogens with one attached hydrogen (secondary N) is 2. The summed E-state index contributed by atoms with van der Waals surface area (Å²) in [6.45, 7) is 29.4. The number of ether oxygens (including phenoxy) is 1. The molecule has 0 spiro atoms. The molecule has 2 N–H and O–H groups in total. The molecule has 5 aromatic carbocycles. The van der Waals surface area contributed by atoms with E-state index in [0.717, 1.165) is 66.8 Å². The summed E-state index contributed by atoms with van der Waals surface area (Å²) in [7, 11) is 0.653. The summed E-state index contributed by atoms with van der Waals surface area (Å²) in [5, 5.41) is 5.74. The van der Waals surface area contributed by atoms with Crippen LogP contribution in [0.1, 0.15) is 142 Å². The number of nitrogens with zero attached hydrogens (tertiary/aromatic N) is 6. The number of hydrogen-bond donors (Lipinski definition) is 2. The Labute approximate surface area is 552 Å². The Bertz CT molecular complexity index is 3710. The molecule has 4 amide bonds. The zero-order valence-electron chi connectivity index (χ0n) is 57.5. The largest absolute Gasteiger partial charge is 0.543 e. The molecule has 0 saturated carbocycles. The van der Waals surface area contributed by atoms with Gasteiger partial charge in [0.15, 0.2) is 0 Å². The Balaban J connectivity index is 1.02. The number of carbonyl (C=O) groups excluding carboxylic acids is 5. The van der Waals surface area contributed by atoms with Crippen LogP contribution in [-0.2, 0) is 53.6 Å². The summed E-state index contributed by atoms with van der Waals surface area (Å²) in [5.74, 6) is -1.64. The smallest absolute Gasteiger partial charge is 0.324 e. The van der Waals surface area contributed by atoms with E-state index in [2.05, 4.69) is 169 Å². The topological polar surface area (TPSA) is 158 Å². The molecule has 0 radical (unpaired) electrons. The molecule has 10 rings (SSSR count). The molecule has 5 atom stereocenters. The highest BCUT2D eigenvalue weighted by atomic mass is 28.4. The number of esters is 1. The third-order valence-corrected chi connectivity index (χ3v) is 25.8. The van der Waals surface area contributed by atoms with Crippen molar-refractivity contribution in [3.05, 3.63) is 179 Å². The average Bonchev–Trinajstić information content (AvgIpc) is 1.58. The molecule has 2 fully saturated rings. The van der Waals surface area contributed by atoms with Crippen LogP contribution in [-0.4, -0.2) is 132 Å². The van der Waals surface area contributed by atoms with E-state index in [0.29, 0.717) is 38.1 Å². The maximum absolute atomic E-state index is 15.6. The Hall–Kier alpha value is -7.92. The molecule has 2 saturated heterocycles. The van der Waals surface area contributed by atoms with Crippen molar-refractivity contribution in [2.75, 3.05) is 40.3 Å². The lowest BCUT2D eigenvalue weighted by Gasteiger charge is -2.42. The van der Waals surface area contributed by atoms with Crippen LogP contribution in [0.15, 0.2) is 146 Å². The highest BCUT2D eigenvalue weighted by Crippen LogP contribution is 2.50. The first-order valence-corrected chi connectivity index (χ1v) is 35.9. The van der Waals surface area contributed by atoms with Crippen molar-refractivity contribution in [1.82, 2.24) is 40.0 Å². The normalized spacial score (nSPS) is 19.0. The highest BCUT2D eigenvalue weighted by molar-refractivity contribution is 6.78. The van der Waals surface area contributed by atoms with Gasteiger partial charge in [0.2, 0.25) is 17.7 Å². The number of cyclic esters (lactones) is 1. The number of aryl methyl sites for hydroxylation is 1. The molecule has 3 aliphatic rings. The Morgan fingerprint density at radius 3 is 1.97 bits per heavy atom. The van der Waals surface area contributed by atoms with Crippen LogP contribution >= 0.6 is 0 Å². The SMILES string of the molecule is CCn1c(-c2cccnc2C(C)C)c2c3cc(ccc31)-c1cc(cc(O[Si](C(C)C)(C(C)C)C(C)C)c1)C[C@H](NC(=O)[C@H](C(C)C)N(C)C(=O)CN(C)C(=O)C1C[N@@]1C(c1ccccc1)(c1ccccc1)c1ccccc1)C(=O)N1CCC[C@H](N1)C(=O)OCC(C)(C)C2. The number of amides is 4. The van der Waals surface area contributed by atoms with E-state index in [1.54, 1.807) is 14.1 Å². The molecule has 6 bridgehead atoms. The zero-order valence-corrected chi connectivity index (χ0v) is 58.5. The second-order valence-corrected chi connectivity index (χ2v) is 33.9. The van der Waals surface area contributed by atoms with E-state index >= 15 is 9.59 Å². The Morgan fingerprint density at radius 1 is 0.785 bits per heavy atom. The summed E-state index contributed by atoms with van der Waals surface area (Å²) in [6.07, 6.45) is 3.45. The van der Waals surface area contributed by atoms with Crippen molar-refractivity contribution in [1.29, 1.82) is 0 Å². The number of fused-ring (bicyclic) bond motifs is 6. The van der Waals surface area contributed by atoms with Gasteiger partial charge in [-0.2, -0.15) is 0 Å². The number of aromatic nitrogens is 2. The molecule has 3 aliphatic heterocycles. The van der Waals surface area contributed by atoms with Gasteiger partial charge in [-0.3, -0.25) is 38.9 Å². The van der Waals surface area contributed by atoms with Gasteiger partial charge >= 0.3 is 5.97 Å². The Kier molecular flexibility index (Phi) is 20.4. The van der Waals surface area contributed by atoms with Crippen LogP contribution in [0, 0.1) is 11.3 Å². The van der Waals surface area contributed by atoms with Gasteiger partial charge in [-0.15, -0.1) is 0 Å². The minimum Gasteiger partial charge on any atom is -0.543 e. The Morgan fingerprint density at radius 2 is 1.40 bits per heavy atom. The van der Waals surface area contributed by atoms with Gasteiger partial charge in [0, 0.05) is 68.2 Å². The van der Waals surface area contributed by atoms with Crippen LogP contribution in [0.5, 0.6) is 5.75 Å². The van der Waals surface area contributed by atoms with E-state index in [1.165, 1.54) is 14.8 Å². The number of hydrogen-bond acceptors (Lipinski definition) is 10. The predicted octanol–water partition coefficient (Wildman–Crippen LogP) is 13.3. The van der Waals surface area contributed by atoms with Crippen LogP contribution < -0.4 is 15.2 Å². The van der Waals surface area contributed by atoms with Gasteiger partial charge in [-0.05, 0) is 130 Å². The first kappa shape index (κ1) is 68.0. The van der Waals surface area contributed by atoms with Crippen molar-refractivity contribution < 1.29 is 33.1 Å². The first-order valence-electron chi connectivity index (χ1n) is 33.7. The van der Waals surface area contributed by atoms with Crippen LogP contribution in [0.25, 0.3) is 33.3 Å². The van der Waals surface area contributed by atoms with E-state index in [1.807, 2.05) is 86.8 Å².